The van der Waals surface area contributed by atoms with E-state index in [0.717, 1.165) is 11.3 Å². The van der Waals surface area contributed by atoms with E-state index in [1.807, 2.05) is 25.1 Å². The Kier molecular flexibility index (Phi) is 3.75. The highest BCUT2D eigenvalue weighted by Gasteiger charge is 2.08. The molecule has 0 aliphatic carbocycles. The van der Waals surface area contributed by atoms with Crippen LogP contribution in [0.25, 0.3) is 0 Å². The predicted molar refractivity (Wildman–Crippen MR) is 60.6 cm³/mol. The van der Waals surface area contributed by atoms with Gasteiger partial charge < -0.3 is 4.74 Å². The number of hydrogen-bond donors (Lipinski definition) is 0. The van der Waals surface area contributed by atoms with Gasteiger partial charge in [-0.3, -0.25) is 0 Å². The second kappa shape index (κ2) is 4.85. The van der Waals surface area contributed by atoms with E-state index in [9.17, 15) is 0 Å². The molecule has 0 saturated heterocycles. The molecule has 0 aliphatic rings. The maximum atomic E-state index is 5.51. The van der Waals surface area contributed by atoms with Crippen molar-refractivity contribution in [1.29, 1.82) is 0 Å². The Morgan fingerprint density at radius 2 is 2.21 bits per heavy atom. The SMILES string of the molecule is [CH2]C(C=C)c1cccc(OCC)c1C. The lowest BCUT2D eigenvalue weighted by Gasteiger charge is -2.14. The van der Waals surface area contributed by atoms with Gasteiger partial charge in [0.25, 0.3) is 0 Å². The van der Waals surface area contributed by atoms with Crippen LogP contribution in [0.15, 0.2) is 30.9 Å². The van der Waals surface area contributed by atoms with Crippen LogP contribution in [-0.4, -0.2) is 6.61 Å². The number of allylic oxidation sites excluding steroid dienone is 1. The van der Waals surface area contributed by atoms with Gasteiger partial charge >= 0.3 is 0 Å². The smallest absolute Gasteiger partial charge is 0.122 e. The second-order valence-electron chi connectivity index (χ2n) is 3.25. The van der Waals surface area contributed by atoms with Crippen molar-refractivity contribution in [1.82, 2.24) is 0 Å². The summed E-state index contributed by atoms with van der Waals surface area (Å²) in [6.07, 6.45) is 1.85. The molecule has 1 aromatic carbocycles. The van der Waals surface area contributed by atoms with Crippen molar-refractivity contribution in [3.63, 3.8) is 0 Å². The first-order valence-corrected chi connectivity index (χ1v) is 4.88. The zero-order valence-corrected chi connectivity index (χ0v) is 8.92. The van der Waals surface area contributed by atoms with Crippen molar-refractivity contribution in [3.8, 4) is 5.75 Å². The van der Waals surface area contributed by atoms with Crippen molar-refractivity contribution in [2.45, 2.75) is 19.8 Å². The van der Waals surface area contributed by atoms with Crippen LogP contribution in [0.1, 0.15) is 24.0 Å². The van der Waals surface area contributed by atoms with Gasteiger partial charge in [-0.05, 0) is 38.0 Å². The average molecular weight is 189 g/mol. The molecule has 0 fully saturated rings. The molecule has 0 heterocycles. The van der Waals surface area contributed by atoms with Gasteiger partial charge in [-0.1, -0.05) is 18.2 Å². The number of ether oxygens (including phenoxy) is 1. The van der Waals surface area contributed by atoms with E-state index in [1.54, 1.807) is 0 Å². The molecule has 1 heteroatoms. The number of rotatable bonds is 4. The van der Waals surface area contributed by atoms with Crippen molar-refractivity contribution >= 4 is 0 Å². The maximum Gasteiger partial charge on any atom is 0.122 e. The highest BCUT2D eigenvalue weighted by atomic mass is 16.5. The van der Waals surface area contributed by atoms with Gasteiger partial charge in [-0.15, -0.1) is 6.58 Å². The van der Waals surface area contributed by atoms with Crippen LogP contribution in [0, 0.1) is 13.8 Å². The van der Waals surface area contributed by atoms with Crippen molar-refractivity contribution < 1.29 is 4.74 Å². The van der Waals surface area contributed by atoms with Gasteiger partial charge in [0, 0.05) is 5.92 Å². The quantitative estimate of drug-likeness (QED) is 0.659. The van der Waals surface area contributed by atoms with Crippen LogP contribution in [0.3, 0.4) is 0 Å². The molecule has 1 atom stereocenters. The Morgan fingerprint density at radius 3 is 2.79 bits per heavy atom. The fraction of sp³-hybridized carbons (Fsp3) is 0.308. The van der Waals surface area contributed by atoms with Gasteiger partial charge in [0.05, 0.1) is 6.61 Å². The first kappa shape index (κ1) is 10.8. The first-order valence-electron chi connectivity index (χ1n) is 4.88. The van der Waals surface area contributed by atoms with Crippen molar-refractivity contribution in [3.05, 3.63) is 48.9 Å². The lowest BCUT2D eigenvalue weighted by atomic mass is 9.96. The highest BCUT2D eigenvalue weighted by Crippen LogP contribution is 2.27. The van der Waals surface area contributed by atoms with Crippen LogP contribution < -0.4 is 4.74 Å². The molecular weight excluding hydrogens is 172 g/mol. The molecule has 14 heavy (non-hydrogen) atoms. The Bertz CT molecular complexity index is 315. The monoisotopic (exact) mass is 189 g/mol. The number of benzene rings is 1. The zero-order valence-electron chi connectivity index (χ0n) is 8.92. The molecule has 0 bridgehead atoms. The topological polar surface area (TPSA) is 9.23 Å². The Hall–Kier alpha value is -1.24. The summed E-state index contributed by atoms with van der Waals surface area (Å²) in [5.41, 5.74) is 2.35. The summed E-state index contributed by atoms with van der Waals surface area (Å²) in [6.45, 7) is 12.5. The summed E-state index contributed by atoms with van der Waals surface area (Å²) < 4.78 is 5.51. The van der Waals surface area contributed by atoms with E-state index in [1.165, 1.54) is 5.56 Å². The van der Waals surface area contributed by atoms with Crippen molar-refractivity contribution in [2.75, 3.05) is 6.61 Å². The van der Waals surface area contributed by atoms with E-state index in [2.05, 4.69) is 26.5 Å². The molecule has 1 unspecified atom stereocenters. The molecule has 0 saturated carbocycles. The standard InChI is InChI=1S/C13H17O/c1-5-10(3)12-8-7-9-13(11(12)4)14-6-2/h5,7-10H,1,3,6H2,2,4H3. The minimum atomic E-state index is 0.135. The van der Waals surface area contributed by atoms with Crippen LogP contribution in [-0.2, 0) is 0 Å². The maximum absolute atomic E-state index is 5.51. The molecule has 0 N–H and O–H groups in total. The largest absolute Gasteiger partial charge is 0.494 e. The average Bonchev–Trinajstić information content (AvgIpc) is 2.20. The minimum absolute atomic E-state index is 0.135. The molecule has 0 aromatic heterocycles. The van der Waals surface area contributed by atoms with Crippen LogP contribution in [0.2, 0.25) is 0 Å². The summed E-state index contributed by atoms with van der Waals surface area (Å²) in [7, 11) is 0. The lowest BCUT2D eigenvalue weighted by Crippen LogP contribution is -1.99. The van der Waals surface area contributed by atoms with Crippen LogP contribution >= 0.6 is 0 Å². The minimum Gasteiger partial charge on any atom is -0.494 e. The Labute approximate surface area is 86.4 Å². The molecule has 0 spiro atoms. The summed E-state index contributed by atoms with van der Waals surface area (Å²) in [4.78, 5) is 0. The van der Waals surface area contributed by atoms with E-state index in [4.69, 9.17) is 4.74 Å². The fourth-order valence-electron chi connectivity index (χ4n) is 1.47. The molecule has 1 nitrogen and oxygen atoms in total. The molecule has 0 aliphatic heterocycles. The van der Waals surface area contributed by atoms with E-state index in [0.29, 0.717) is 6.61 Å². The van der Waals surface area contributed by atoms with Gasteiger partial charge in [0.15, 0.2) is 0 Å². The van der Waals surface area contributed by atoms with E-state index < -0.39 is 0 Å². The van der Waals surface area contributed by atoms with Gasteiger partial charge in [0.1, 0.15) is 5.75 Å². The second-order valence-corrected chi connectivity index (χ2v) is 3.25. The van der Waals surface area contributed by atoms with Crippen LogP contribution in [0.4, 0.5) is 0 Å². The summed E-state index contributed by atoms with van der Waals surface area (Å²) >= 11 is 0. The third-order valence-electron chi connectivity index (χ3n) is 2.31. The van der Waals surface area contributed by atoms with Gasteiger partial charge in [0.2, 0.25) is 0 Å². The number of hydrogen-bond acceptors (Lipinski definition) is 1. The summed E-state index contributed by atoms with van der Waals surface area (Å²) in [5.74, 6) is 1.08. The normalized spacial score (nSPS) is 12.2. The summed E-state index contributed by atoms with van der Waals surface area (Å²) in [6, 6.07) is 6.05. The Balaban J connectivity index is 3.06. The molecular formula is C13H17O. The van der Waals surface area contributed by atoms with E-state index >= 15 is 0 Å². The molecule has 75 valence electrons. The lowest BCUT2D eigenvalue weighted by molar-refractivity contribution is 0.337. The van der Waals surface area contributed by atoms with Crippen molar-refractivity contribution in [2.24, 2.45) is 0 Å². The Morgan fingerprint density at radius 1 is 1.50 bits per heavy atom. The third kappa shape index (κ3) is 2.16. The molecule has 0 amide bonds. The van der Waals surface area contributed by atoms with E-state index in [-0.39, 0.29) is 5.92 Å². The third-order valence-corrected chi connectivity index (χ3v) is 2.31. The zero-order chi connectivity index (χ0) is 10.6. The molecule has 1 aromatic rings. The first-order chi connectivity index (χ1) is 6.70. The summed E-state index contributed by atoms with van der Waals surface area (Å²) in [5, 5.41) is 0. The highest BCUT2D eigenvalue weighted by molar-refractivity contribution is 5.42. The fourth-order valence-corrected chi connectivity index (χ4v) is 1.47. The van der Waals surface area contributed by atoms with Crippen LogP contribution in [0.5, 0.6) is 5.75 Å². The predicted octanol–water partition coefficient (Wildman–Crippen LogP) is 3.50. The molecule has 1 radical (unpaired) electrons. The van der Waals surface area contributed by atoms with Gasteiger partial charge in [-0.25, -0.2) is 0 Å². The molecule has 1 rings (SSSR count). The van der Waals surface area contributed by atoms with Gasteiger partial charge in [-0.2, -0.15) is 0 Å².